The topological polar surface area (TPSA) is 22.0 Å². The van der Waals surface area contributed by atoms with Gasteiger partial charge in [-0.25, -0.2) is 0 Å². The monoisotopic (exact) mass is 177 g/mol. The average molecular weight is 177 g/mol. The Balaban J connectivity index is 2.45. The summed E-state index contributed by atoms with van der Waals surface area (Å²) in [4.78, 5) is 11.4. The van der Waals surface area contributed by atoms with Crippen LogP contribution < -0.4 is 0 Å². The van der Waals surface area contributed by atoms with Gasteiger partial charge in [-0.3, -0.25) is 4.79 Å². The third-order valence-electron chi connectivity index (χ3n) is 2.63. The van der Waals surface area contributed by atoms with Crippen molar-refractivity contribution in [3.8, 4) is 0 Å². The van der Waals surface area contributed by atoms with Gasteiger partial charge in [-0.05, 0) is 17.0 Å². The number of carbonyl (C=O) groups is 1. The number of hydrogen-bond donors (Lipinski definition) is 0. The van der Waals surface area contributed by atoms with Gasteiger partial charge in [0.05, 0.1) is 5.69 Å². The predicted molar refractivity (Wildman–Crippen MR) is 52.1 cm³/mol. The van der Waals surface area contributed by atoms with E-state index in [2.05, 4.69) is 31.5 Å². The van der Waals surface area contributed by atoms with Crippen LogP contribution in [0, 0.1) is 0 Å². The van der Waals surface area contributed by atoms with Crippen LogP contribution in [0.5, 0.6) is 0 Å². The van der Waals surface area contributed by atoms with Gasteiger partial charge in [0.2, 0.25) is 0 Å². The molecule has 2 rings (SSSR count). The molecule has 0 fully saturated rings. The van der Waals surface area contributed by atoms with Crippen molar-refractivity contribution in [3.05, 3.63) is 23.5 Å². The van der Waals surface area contributed by atoms with E-state index in [1.54, 1.807) is 0 Å². The molecule has 0 aliphatic carbocycles. The van der Waals surface area contributed by atoms with Crippen LogP contribution in [0.3, 0.4) is 0 Å². The van der Waals surface area contributed by atoms with Crippen molar-refractivity contribution in [2.45, 2.75) is 39.2 Å². The van der Waals surface area contributed by atoms with Crippen LogP contribution in [-0.2, 0) is 12.0 Å². The predicted octanol–water partition coefficient (Wildman–Crippen LogP) is 2.37. The zero-order valence-corrected chi connectivity index (χ0v) is 8.42. The minimum Gasteiger partial charge on any atom is -0.344 e. The third kappa shape index (κ3) is 1.30. The van der Waals surface area contributed by atoms with Crippen LogP contribution >= 0.6 is 0 Å². The van der Waals surface area contributed by atoms with Crippen LogP contribution in [0.25, 0.3) is 0 Å². The molecule has 0 saturated heterocycles. The molecular formula is C11H15NO. The van der Waals surface area contributed by atoms with Crippen LogP contribution in [-0.4, -0.2) is 10.4 Å². The highest BCUT2D eigenvalue weighted by Gasteiger charge is 2.24. The van der Waals surface area contributed by atoms with E-state index in [-0.39, 0.29) is 11.2 Å². The summed E-state index contributed by atoms with van der Waals surface area (Å²) < 4.78 is 2.07. The van der Waals surface area contributed by atoms with Crippen molar-refractivity contribution < 1.29 is 4.79 Å². The van der Waals surface area contributed by atoms with E-state index in [1.165, 1.54) is 5.56 Å². The first-order chi connectivity index (χ1) is 5.98. The van der Waals surface area contributed by atoms with Gasteiger partial charge in [0.1, 0.15) is 0 Å². The molecule has 0 atom stereocenters. The summed E-state index contributed by atoms with van der Waals surface area (Å²) in [5.74, 6) is 0.288. The van der Waals surface area contributed by atoms with E-state index >= 15 is 0 Å². The Bertz CT molecular complexity index is 355. The summed E-state index contributed by atoms with van der Waals surface area (Å²) in [7, 11) is 0. The molecule has 70 valence electrons. The molecule has 0 radical (unpaired) electrons. The molecule has 13 heavy (non-hydrogen) atoms. The molecule has 2 nitrogen and oxygen atoms in total. The van der Waals surface area contributed by atoms with Crippen molar-refractivity contribution in [1.29, 1.82) is 0 Å². The molecule has 1 aliphatic heterocycles. The molecule has 1 aliphatic rings. The van der Waals surface area contributed by atoms with Crippen molar-refractivity contribution in [1.82, 2.24) is 4.57 Å². The third-order valence-corrected chi connectivity index (χ3v) is 2.63. The van der Waals surface area contributed by atoms with E-state index in [9.17, 15) is 4.79 Å². The molecule has 0 spiro atoms. The van der Waals surface area contributed by atoms with Gasteiger partial charge >= 0.3 is 0 Å². The smallest absolute Gasteiger partial charge is 0.180 e. The van der Waals surface area contributed by atoms with Gasteiger partial charge in [0.15, 0.2) is 5.78 Å². The molecular weight excluding hydrogens is 162 g/mol. The van der Waals surface area contributed by atoms with Crippen LogP contribution in [0.4, 0.5) is 0 Å². The first-order valence-corrected chi connectivity index (χ1v) is 4.72. The molecule has 1 aromatic rings. The standard InChI is InChI=1S/C11H15NO/c1-11(2,3)8-6-9-10(13)4-5-12(9)7-8/h6-7H,4-5H2,1-3H3. The van der Waals surface area contributed by atoms with Crippen molar-refractivity contribution in [3.63, 3.8) is 0 Å². The fourth-order valence-electron chi connectivity index (χ4n) is 1.69. The number of carbonyl (C=O) groups excluding carboxylic acids is 1. The summed E-state index contributed by atoms with van der Waals surface area (Å²) in [5.41, 5.74) is 2.30. The zero-order valence-electron chi connectivity index (χ0n) is 8.42. The van der Waals surface area contributed by atoms with Crippen LogP contribution in [0.2, 0.25) is 0 Å². The molecule has 0 N–H and O–H groups in total. The summed E-state index contributed by atoms with van der Waals surface area (Å²) >= 11 is 0. The van der Waals surface area contributed by atoms with Crippen molar-refractivity contribution in [2.24, 2.45) is 0 Å². The Morgan fingerprint density at radius 3 is 2.62 bits per heavy atom. The lowest BCUT2D eigenvalue weighted by atomic mass is 9.89. The largest absolute Gasteiger partial charge is 0.344 e. The Morgan fingerprint density at radius 2 is 2.08 bits per heavy atom. The molecule has 0 aromatic carbocycles. The fraction of sp³-hybridized carbons (Fsp3) is 0.545. The second-order valence-corrected chi connectivity index (χ2v) is 4.73. The second-order valence-electron chi connectivity index (χ2n) is 4.73. The minimum absolute atomic E-state index is 0.150. The maximum absolute atomic E-state index is 11.4. The highest BCUT2D eigenvalue weighted by atomic mass is 16.1. The number of aromatic nitrogens is 1. The Labute approximate surface area is 78.6 Å². The quantitative estimate of drug-likeness (QED) is 0.596. The maximum atomic E-state index is 11.4. The lowest BCUT2D eigenvalue weighted by Crippen LogP contribution is -2.09. The lowest BCUT2D eigenvalue weighted by molar-refractivity contribution is 0.0994. The number of ketones is 1. The minimum atomic E-state index is 0.150. The van der Waals surface area contributed by atoms with E-state index < -0.39 is 0 Å². The van der Waals surface area contributed by atoms with Gasteiger partial charge in [-0.15, -0.1) is 0 Å². The highest BCUT2D eigenvalue weighted by molar-refractivity contribution is 5.96. The van der Waals surface area contributed by atoms with Gasteiger partial charge in [0, 0.05) is 19.2 Å². The fourth-order valence-corrected chi connectivity index (χ4v) is 1.69. The Kier molecular flexibility index (Phi) is 1.62. The summed E-state index contributed by atoms with van der Waals surface area (Å²) in [5, 5.41) is 0. The average Bonchev–Trinajstić information content (AvgIpc) is 2.51. The van der Waals surface area contributed by atoms with E-state index in [4.69, 9.17) is 0 Å². The molecule has 0 saturated carbocycles. The molecule has 2 heterocycles. The van der Waals surface area contributed by atoms with Gasteiger partial charge in [-0.2, -0.15) is 0 Å². The summed E-state index contributed by atoms with van der Waals surface area (Å²) in [6.07, 6.45) is 2.79. The van der Waals surface area contributed by atoms with Crippen molar-refractivity contribution >= 4 is 5.78 Å². The number of hydrogen-bond acceptors (Lipinski definition) is 1. The number of fused-ring (bicyclic) bond motifs is 1. The van der Waals surface area contributed by atoms with E-state index in [1.807, 2.05) is 6.07 Å². The van der Waals surface area contributed by atoms with Crippen LogP contribution in [0.1, 0.15) is 43.2 Å². The maximum Gasteiger partial charge on any atom is 0.180 e. The van der Waals surface area contributed by atoms with Gasteiger partial charge in [-0.1, -0.05) is 20.8 Å². The lowest BCUT2D eigenvalue weighted by Gasteiger charge is -2.16. The normalized spacial score (nSPS) is 16.4. The zero-order chi connectivity index (χ0) is 9.64. The number of aryl methyl sites for hydroxylation is 1. The number of Topliss-reactive ketones (excluding diaryl/α,β-unsaturated/α-hetero) is 1. The van der Waals surface area contributed by atoms with Crippen molar-refractivity contribution in [2.75, 3.05) is 0 Å². The van der Waals surface area contributed by atoms with Gasteiger partial charge < -0.3 is 4.57 Å². The number of nitrogens with zero attached hydrogens (tertiary/aromatic N) is 1. The Hall–Kier alpha value is -1.05. The SMILES string of the molecule is CC(C)(C)c1cc2n(c1)CCC2=O. The molecule has 0 amide bonds. The summed E-state index contributed by atoms with van der Waals surface area (Å²) in [6.45, 7) is 7.37. The van der Waals surface area contributed by atoms with Gasteiger partial charge in [0.25, 0.3) is 0 Å². The molecule has 0 bridgehead atoms. The second kappa shape index (κ2) is 2.47. The van der Waals surface area contributed by atoms with E-state index in [0.29, 0.717) is 6.42 Å². The number of rotatable bonds is 0. The van der Waals surface area contributed by atoms with E-state index in [0.717, 1.165) is 12.2 Å². The van der Waals surface area contributed by atoms with Crippen LogP contribution in [0.15, 0.2) is 12.3 Å². The summed E-state index contributed by atoms with van der Waals surface area (Å²) in [6, 6.07) is 2.04. The first-order valence-electron chi connectivity index (χ1n) is 4.72. The molecule has 0 unspecified atom stereocenters. The Morgan fingerprint density at radius 1 is 1.38 bits per heavy atom. The molecule has 1 aromatic heterocycles. The first kappa shape index (κ1) is 8.54. The molecule has 2 heteroatoms. The highest BCUT2D eigenvalue weighted by Crippen LogP contribution is 2.27.